The van der Waals surface area contributed by atoms with E-state index >= 15 is 0 Å². The van der Waals surface area contributed by atoms with Crippen molar-refractivity contribution in [1.29, 1.82) is 0 Å². The third-order valence-electron chi connectivity index (χ3n) is 4.69. The first-order chi connectivity index (χ1) is 11.7. The van der Waals surface area contributed by atoms with Gasteiger partial charge in [0, 0.05) is 42.8 Å². The van der Waals surface area contributed by atoms with Crippen LogP contribution in [0, 0.1) is 0 Å². The van der Waals surface area contributed by atoms with Crippen molar-refractivity contribution < 1.29 is 4.79 Å². The van der Waals surface area contributed by atoms with E-state index in [4.69, 9.17) is 0 Å². The molecule has 24 heavy (non-hydrogen) atoms. The van der Waals surface area contributed by atoms with Crippen LogP contribution in [0.3, 0.4) is 0 Å². The SMILES string of the molecule is CC[C@@H](C)NC(=O)N1CCC(c2nccn2Cc2cscn2)CC1. The maximum absolute atomic E-state index is 12.2. The topological polar surface area (TPSA) is 63.1 Å². The van der Waals surface area contributed by atoms with Crippen LogP contribution in [0.25, 0.3) is 0 Å². The molecule has 1 atom stereocenters. The lowest BCUT2D eigenvalue weighted by Crippen LogP contribution is -2.46. The zero-order valence-electron chi connectivity index (χ0n) is 14.3. The number of hydrogen-bond acceptors (Lipinski definition) is 4. The van der Waals surface area contributed by atoms with Gasteiger partial charge in [-0.05, 0) is 26.2 Å². The molecule has 3 rings (SSSR count). The molecule has 0 bridgehead atoms. The molecule has 0 aromatic carbocycles. The summed E-state index contributed by atoms with van der Waals surface area (Å²) in [7, 11) is 0. The molecule has 1 aliphatic heterocycles. The number of carbonyl (C=O) groups excluding carboxylic acids is 1. The van der Waals surface area contributed by atoms with Crippen LogP contribution in [-0.2, 0) is 6.54 Å². The summed E-state index contributed by atoms with van der Waals surface area (Å²) in [6, 6.07) is 0.292. The molecule has 0 aliphatic carbocycles. The molecule has 1 N–H and O–H groups in total. The van der Waals surface area contributed by atoms with E-state index in [1.54, 1.807) is 11.3 Å². The van der Waals surface area contributed by atoms with Crippen molar-refractivity contribution >= 4 is 17.4 Å². The summed E-state index contributed by atoms with van der Waals surface area (Å²) < 4.78 is 2.19. The molecule has 1 aliphatic rings. The van der Waals surface area contributed by atoms with Crippen LogP contribution in [0.1, 0.15) is 50.5 Å². The molecule has 7 heteroatoms. The Labute approximate surface area is 146 Å². The minimum Gasteiger partial charge on any atom is -0.336 e. The van der Waals surface area contributed by atoms with Gasteiger partial charge in [-0.1, -0.05) is 6.92 Å². The van der Waals surface area contributed by atoms with E-state index in [9.17, 15) is 4.79 Å². The maximum Gasteiger partial charge on any atom is 0.317 e. The fourth-order valence-corrected chi connectivity index (χ4v) is 3.60. The lowest BCUT2D eigenvalue weighted by Gasteiger charge is -2.32. The van der Waals surface area contributed by atoms with Crippen molar-refractivity contribution in [3.8, 4) is 0 Å². The number of amides is 2. The molecule has 0 spiro atoms. The number of hydrogen-bond donors (Lipinski definition) is 1. The number of thiazole rings is 1. The molecule has 0 radical (unpaired) electrons. The molecular weight excluding hydrogens is 322 g/mol. The first-order valence-corrected chi connectivity index (χ1v) is 9.55. The van der Waals surface area contributed by atoms with E-state index in [1.165, 1.54) is 0 Å². The molecule has 1 saturated heterocycles. The number of rotatable bonds is 5. The van der Waals surface area contributed by atoms with Crippen LogP contribution in [0.2, 0.25) is 0 Å². The van der Waals surface area contributed by atoms with Crippen LogP contribution in [0.15, 0.2) is 23.3 Å². The van der Waals surface area contributed by atoms with Gasteiger partial charge < -0.3 is 14.8 Å². The highest BCUT2D eigenvalue weighted by molar-refractivity contribution is 7.07. The number of nitrogens with one attached hydrogen (secondary N) is 1. The predicted octanol–water partition coefficient (Wildman–Crippen LogP) is 3.08. The predicted molar refractivity (Wildman–Crippen MR) is 95.3 cm³/mol. The number of nitrogens with zero attached hydrogens (tertiary/aromatic N) is 4. The molecule has 6 nitrogen and oxygen atoms in total. The Bertz CT molecular complexity index is 646. The lowest BCUT2D eigenvalue weighted by atomic mass is 9.96. The van der Waals surface area contributed by atoms with Crippen LogP contribution in [0.5, 0.6) is 0 Å². The minimum atomic E-state index is 0.0635. The third-order valence-corrected chi connectivity index (χ3v) is 5.33. The van der Waals surface area contributed by atoms with Crippen molar-refractivity contribution in [2.75, 3.05) is 13.1 Å². The van der Waals surface area contributed by atoms with Gasteiger partial charge in [0.05, 0.1) is 17.7 Å². The Kier molecular flexibility index (Phi) is 5.50. The van der Waals surface area contributed by atoms with E-state index in [0.29, 0.717) is 5.92 Å². The van der Waals surface area contributed by atoms with Crippen molar-refractivity contribution in [3.63, 3.8) is 0 Å². The zero-order chi connectivity index (χ0) is 16.9. The largest absolute Gasteiger partial charge is 0.336 e. The van der Waals surface area contributed by atoms with Crippen molar-refractivity contribution in [3.05, 3.63) is 34.8 Å². The van der Waals surface area contributed by atoms with Crippen molar-refractivity contribution in [1.82, 2.24) is 24.8 Å². The summed E-state index contributed by atoms with van der Waals surface area (Å²) >= 11 is 1.62. The second-order valence-corrected chi connectivity index (χ2v) is 7.13. The van der Waals surface area contributed by atoms with Gasteiger partial charge >= 0.3 is 6.03 Å². The highest BCUT2D eigenvalue weighted by Crippen LogP contribution is 2.27. The van der Waals surface area contributed by atoms with E-state index in [2.05, 4.69) is 32.2 Å². The smallest absolute Gasteiger partial charge is 0.317 e. The van der Waals surface area contributed by atoms with Gasteiger partial charge in [-0.15, -0.1) is 11.3 Å². The average Bonchev–Trinajstić information content (AvgIpc) is 3.27. The molecule has 3 heterocycles. The Hall–Kier alpha value is -1.89. The number of likely N-dealkylation sites (tertiary alicyclic amines) is 1. The summed E-state index contributed by atoms with van der Waals surface area (Å²) in [5.74, 6) is 1.52. The Morgan fingerprint density at radius 2 is 2.21 bits per heavy atom. The second-order valence-electron chi connectivity index (χ2n) is 6.41. The highest BCUT2D eigenvalue weighted by Gasteiger charge is 2.26. The van der Waals surface area contributed by atoms with Crippen LogP contribution >= 0.6 is 11.3 Å². The third kappa shape index (κ3) is 3.95. The molecule has 2 aromatic heterocycles. The molecule has 2 amide bonds. The molecule has 1 fully saturated rings. The van der Waals surface area contributed by atoms with Crippen molar-refractivity contribution in [2.24, 2.45) is 0 Å². The molecular formula is C17H25N5OS. The Morgan fingerprint density at radius 1 is 1.42 bits per heavy atom. The van der Waals surface area contributed by atoms with Gasteiger partial charge in [0.15, 0.2) is 0 Å². The van der Waals surface area contributed by atoms with Crippen molar-refractivity contribution in [2.45, 2.75) is 51.6 Å². The van der Waals surface area contributed by atoms with Crippen LogP contribution in [-0.4, -0.2) is 44.6 Å². The second kappa shape index (κ2) is 7.79. The average molecular weight is 347 g/mol. The number of imidazole rings is 1. The lowest BCUT2D eigenvalue weighted by molar-refractivity contribution is 0.176. The quantitative estimate of drug-likeness (QED) is 0.904. The normalized spacial score (nSPS) is 17.0. The molecule has 0 unspecified atom stereocenters. The number of carbonyl (C=O) groups is 1. The maximum atomic E-state index is 12.2. The summed E-state index contributed by atoms with van der Waals surface area (Å²) in [6.07, 6.45) is 6.76. The monoisotopic (exact) mass is 347 g/mol. The fourth-order valence-electron chi connectivity index (χ4n) is 3.05. The van der Waals surface area contributed by atoms with E-state index < -0.39 is 0 Å². The number of piperidine rings is 1. The zero-order valence-corrected chi connectivity index (χ0v) is 15.1. The number of urea groups is 1. The Balaban J connectivity index is 1.57. The summed E-state index contributed by atoms with van der Waals surface area (Å²) in [5, 5.41) is 5.12. The van der Waals surface area contributed by atoms with E-state index in [1.807, 2.05) is 29.7 Å². The summed E-state index contributed by atoms with van der Waals surface area (Å²) in [4.78, 5) is 23.1. The Morgan fingerprint density at radius 3 is 2.88 bits per heavy atom. The summed E-state index contributed by atoms with van der Waals surface area (Å²) in [5.41, 5.74) is 2.94. The molecule has 130 valence electrons. The number of aromatic nitrogens is 3. The minimum absolute atomic E-state index is 0.0635. The first kappa shape index (κ1) is 17.0. The van der Waals surface area contributed by atoms with Gasteiger partial charge in [0.2, 0.25) is 0 Å². The van der Waals surface area contributed by atoms with Gasteiger partial charge in [-0.25, -0.2) is 14.8 Å². The molecule has 2 aromatic rings. The fraction of sp³-hybridized carbons (Fsp3) is 0.588. The van der Waals surface area contributed by atoms with Crippen LogP contribution < -0.4 is 5.32 Å². The standard InChI is InChI=1S/C17H25N5OS/c1-3-13(2)20-17(23)21-7-4-14(5-8-21)16-18-6-9-22(16)10-15-11-24-12-19-15/h6,9,11-14H,3-5,7-8,10H2,1-2H3,(H,20,23)/t13-/m1/s1. The summed E-state index contributed by atoms with van der Waals surface area (Å²) in [6.45, 7) is 6.47. The first-order valence-electron chi connectivity index (χ1n) is 8.61. The van der Waals surface area contributed by atoms with Gasteiger partial charge in [0.1, 0.15) is 5.82 Å². The van der Waals surface area contributed by atoms with E-state index in [-0.39, 0.29) is 12.1 Å². The molecule has 0 saturated carbocycles. The van der Waals surface area contributed by atoms with Crippen LogP contribution in [0.4, 0.5) is 4.79 Å². The van der Waals surface area contributed by atoms with Gasteiger partial charge in [-0.3, -0.25) is 0 Å². The van der Waals surface area contributed by atoms with E-state index in [0.717, 1.165) is 50.4 Å². The van der Waals surface area contributed by atoms with Gasteiger partial charge in [0.25, 0.3) is 0 Å². The highest BCUT2D eigenvalue weighted by atomic mass is 32.1. The van der Waals surface area contributed by atoms with Gasteiger partial charge in [-0.2, -0.15) is 0 Å².